The number of thiophene rings is 1. The summed E-state index contributed by atoms with van der Waals surface area (Å²) in [6.07, 6.45) is 0. The lowest BCUT2D eigenvalue weighted by Crippen LogP contribution is -2.11. The van der Waals surface area contributed by atoms with E-state index in [0.29, 0.717) is 22.1 Å². The fourth-order valence-electron chi connectivity index (χ4n) is 2.22. The van der Waals surface area contributed by atoms with Gasteiger partial charge in [0.15, 0.2) is 11.5 Å². The quantitative estimate of drug-likeness (QED) is 0.730. The molecular formula is C17H16N2O3S2. The highest BCUT2D eigenvalue weighted by Gasteiger charge is 2.17. The number of ether oxygens (including phenoxy) is 2. The molecular weight excluding hydrogens is 344 g/mol. The van der Waals surface area contributed by atoms with E-state index in [4.69, 9.17) is 9.47 Å². The summed E-state index contributed by atoms with van der Waals surface area (Å²) in [5, 5.41) is 7.75. The molecule has 1 aromatic carbocycles. The normalized spacial score (nSPS) is 10.5. The molecule has 0 bridgehead atoms. The average Bonchev–Trinajstić information content (AvgIpc) is 3.24. The first-order valence-corrected chi connectivity index (χ1v) is 8.91. The largest absolute Gasteiger partial charge is 0.493 e. The van der Waals surface area contributed by atoms with Crippen molar-refractivity contribution in [2.75, 3.05) is 19.5 Å². The number of aryl methyl sites for hydroxylation is 1. The predicted octanol–water partition coefficient (Wildman–Crippen LogP) is 4.45. The van der Waals surface area contributed by atoms with Gasteiger partial charge in [-0.3, -0.25) is 4.79 Å². The van der Waals surface area contributed by atoms with Crippen LogP contribution in [0.5, 0.6) is 11.5 Å². The zero-order chi connectivity index (χ0) is 17.1. The van der Waals surface area contributed by atoms with Crippen molar-refractivity contribution in [3.63, 3.8) is 0 Å². The van der Waals surface area contributed by atoms with Gasteiger partial charge in [-0.05, 0) is 30.5 Å². The van der Waals surface area contributed by atoms with Gasteiger partial charge in [-0.25, -0.2) is 4.98 Å². The molecule has 2 aromatic heterocycles. The molecule has 0 aliphatic heterocycles. The lowest BCUT2D eigenvalue weighted by Gasteiger charge is -2.10. The highest BCUT2D eigenvalue weighted by Crippen LogP contribution is 2.32. The van der Waals surface area contributed by atoms with Gasteiger partial charge in [0, 0.05) is 22.7 Å². The Labute approximate surface area is 147 Å². The molecule has 1 N–H and O–H groups in total. The van der Waals surface area contributed by atoms with Crippen LogP contribution in [0.1, 0.15) is 15.4 Å². The summed E-state index contributed by atoms with van der Waals surface area (Å²) in [6.45, 7) is 1.84. The molecule has 2 heterocycles. The van der Waals surface area contributed by atoms with E-state index in [2.05, 4.69) is 10.3 Å². The number of carbonyl (C=O) groups is 1. The number of methoxy groups -OCH3 is 2. The van der Waals surface area contributed by atoms with Crippen LogP contribution in [0.2, 0.25) is 0 Å². The number of nitrogens with one attached hydrogen (secondary N) is 1. The minimum Gasteiger partial charge on any atom is -0.493 e. The number of aromatic nitrogens is 1. The van der Waals surface area contributed by atoms with E-state index in [1.165, 1.54) is 11.3 Å². The first-order chi connectivity index (χ1) is 11.6. The van der Waals surface area contributed by atoms with Crippen LogP contribution in [-0.2, 0) is 0 Å². The summed E-state index contributed by atoms with van der Waals surface area (Å²) in [5.41, 5.74) is 2.40. The molecule has 0 saturated heterocycles. The first kappa shape index (κ1) is 16.5. The summed E-state index contributed by atoms with van der Waals surface area (Å²) in [6, 6.07) is 7.26. The first-order valence-electron chi connectivity index (χ1n) is 7.15. The van der Waals surface area contributed by atoms with Crippen molar-refractivity contribution in [3.8, 4) is 22.1 Å². The van der Waals surface area contributed by atoms with Crippen LogP contribution >= 0.6 is 22.7 Å². The summed E-state index contributed by atoms with van der Waals surface area (Å²) < 4.78 is 10.5. The number of nitrogens with zero attached hydrogens (tertiary/aromatic N) is 1. The molecule has 5 nitrogen and oxygen atoms in total. The molecule has 3 aromatic rings. The summed E-state index contributed by atoms with van der Waals surface area (Å²) in [5.74, 6) is 0.998. The average molecular weight is 360 g/mol. The predicted molar refractivity (Wildman–Crippen MR) is 97.7 cm³/mol. The Hall–Kier alpha value is -2.38. The molecule has 0 aliphatic carbocycles. The molecule has 1 amide bonds. The number of hydrogen-bond acceptors (Lipinski definition) is 6. The third-order valence-electron chi connectivity index (χ3n) is 3.41. The maximum absolute atomic E-state index is 12.6. The SMILES string of the molecule is COc1ccc(NC(=O)c2sc(-c3ccsc3)nc2C)cc1OC. The molecule has 3 rings (SSSR count). The molecule has 124 valence electrons. The molecule has 0 fully saturated rings. The number of amides is 1. The van der Waals surface area contributed by atoms with Crippen molar-refractivity contribution in [3.05, 3.63) is 45.6 Å². The maximum Gasteiger partial charge on any atom is 0.267 e. The monoisotopic (exact) mass is 360 g/mol. The molecule has 0 unspecified atom stereocenters. The molecule has 0 atom stereocenters. The van der Waals surface area contributed by atoms with E-state index >= 15 is 0 Å². The Kier molecular flexibility index (Phi) is 4.82. The van der Waals surface area contributed by atoms with Crippen molar-refractivity contribution in [1.82, 2.24) is 4.98 Å². The Bertz CT molecular complexity index is 857. The van der Waals surface area contributed by atoms with E-state index < -0.39 is 0 Å². The number of rotatable bonds is 5. The second-order valence-electron chi connectivity index (χ2n) is 4.97. The Morgan fingerprint density at radius 1 is 1.17 bits per heavy atom. The molecule has 7 heteroatoms. The van der Waals surface area contributed by atoms with Gasteiger partial charge in [-0.2, -0.15) is 11.3 Å². The van der Waals surface area contributed by atoms with Crippen molar-refractivity contribution in [2.24, 2.45) is 0 Å². The molecule has 0 spiro atoms. The van der Waals surface area contributed by atoms with Gasteiger partial charge in [0.25, 0.3) is 5.91 Å². The zero-order valence-corrected chi connectivity index (χ0v) is 15.1. The molecule has 0 radical (unpaired) electrons. The summed E-state index contributed by atoms with van der Waals surface area (Å²) in [7, 11) is 3.13. The third kappa shape index (κ3) is 3.27. The third-order valence-corrected chi connectivity index (χ3v) is 5.30. The van der Waals surface area contributed by atoms with Crippen molar-refractivity contribution >= 4 is 34.3 Å². The van der Waals surface area contributed by atoms with Gasteiger partial charge >= 0.3 is 0 Å². The van der Waals surface area contributed by atoms with Gasteiger partial charge in [0.05, 0.1) is 19.9 Å². The van der Waals surface area contributed by atoms with Gasteiger partial charge in [-0.15, -0.1) is 11.3 Å². The van der Waals surface area contributed by atoms with Crippen LogP contribution in [0.4, 0.5) is 5.69 Å². The van der Waals surface area contributed by atoms with Crippen LogP contribution < -0.4 is 14.8 Å². The van der Waals surface area contributed by atoms with Crippen molar-refractivity contribution in [2.45, 2.75) is 6.92 Å². The lowest BCUT2D eigenvalue weighted by molar-refractivity contribution is 0.103. The van der Waals surface area contributed by atoms with E-state index in [9.17, 15) is 4.79 Å². The van der Waals surface area contributed by atoms with E-state index in [1.54, 1.807) is 43.8 Å². The number of thiazole rings is 1. The minimum absolute atomic E-state index is 0.182. The van der Waals surface area contributed by atoms with Gasteiger partial charge in [0.1, 0.15) is 9.88 Å². The highest BCUT2D eigenvalue weighted by atomic mass is 32.1. The Balaban J connectivity index is 1.83. The van der Waals surface area contributed by atoms with Crippen molar-refractivity contribution in [1.29, 1.82) is 0 Å². The molecule has 0 saturated carbocycles. The van der Waals surface area contributed by atoms with E-state index in [-0.39, 0.29) is 5.91 Å². The minimum atomic E-state index is -0.182. The van der Waals surface area contributed by atoms with E-state index in [0.717, 1.165) is 16.3 Å². The highest BCUT2D eigenvalue weighted by molar-refractivity contribution is 7.17. The van der Waals surface area contributed by atoms with Crippen LogP contribution in [0, 0.1) is 6.92 Å². The topological polar surface area (TPSA) is 60.5 Å². The van der Waals surface area contributed by atoms with Crippen LogP contribution in [0.25, 0.3) is 10.6 Å². The van der Waals surface area contributed by atoms with Crippen molar-refractivity contribution < 1.29 is 14.3 Å². The molecule has 24 heavy (non-hydrogen) atoms. The van der Waals surface area contributed by atoms with Crippen LogP contribution in [-0.4, -0.2) is 25.1 Å². The number of benzene rings is 1. The maximum atomic E-state index is 12.6. The molecule has 0 aliphatic rings. The second-order valence-corrected chi connectivity index (χ2v) is 6.75. The number of anilines is 1. The number of hydrogen-bond donors (Lipinski definition) is 1. The zero-order valence-electron chi connectivity index (χ0n) is 13.5. The van der Waals surface area contributed by atoms with Gasteiger partial charge in [0.2, 0.25) is 0 Å². The van der Waals surface area contributed by atoms with Crippen LogP contribution in [0.3, 0.4) is 0 Å². The lowest BCUT2D eigenvalue weighted by atomic mass is 10.2. The fourth-order valence-corrected chi connectivity index (χ4v) is 3.89. The summed E-state index contributed by atoms with van der Waals surface area (Å²) in [4.78, 5) is 17.7. The standard InChI is InChI=1S/C17H16N2O3S2/c1-10-15(24-17(18-10)11-6-7-23-9-11)16(20)19-12-4-5-13(21-2)14(8-12)22-3/h4-9H,1-3H3,(H,19,20). The Morgan fingerprint density at radius 3 is 2.62 bits per heavy atom. The summed E-state index contributed by atoms with van der Waals surface area (Å²) >= 11 is 3.00. The fraction of sp³-hybridized carbons (Fsp3) is 0.176. The Morgan fingerprint density at radius 2 is 1.96 bits per heavy atom. The van der Waals surface area contributed by atoms with Gasteiger partial charge < -0.3 is 14.8 Å². The number of carbonyl (C=O) groups excluding carboxylic acids is 1. The van der Waals surface area contributed by atoms with E-state index in [1.807, 2.05) is 23.8 Å². The van der Waals surface area contributed by atoms with Crippen LogP contribution in [0.15, 0.2) is 35.0 Å². The smallest absolute Gasteiger partial charge is 0.267 e. The van der Waals surface area contributed by atoms with Gasteiger partial charge in [-0.1, -0.05) is 0 Å². The second kappa shape index (κ2) is 7.02.